The minimum Gasteiger partial charge on any atom is -0.493 e. The predicted molar refractivity (Wildman–Crippen MR) is 122 cm³/mol. The van der Waals surface area contributed by atoms with Crippen LogP contribution in [0.4, 0.5) is 4.79 Å². The normalized spacial score (nSPS) is 14.0. The first-order chi connectivity index (χ1) is 15.9. The van der Waals surface area contributed by atoms with Gasteiger partial charge in [0, 0.05) is 59.1 Å². The summed E-state index contributed by atoms with van der Waals surface area (Å²) in [5.41, 5.74) is 1.38. The topological polar surface area (TPSA) is 110 Å². The van der Waals surface area contributed by atoms with Gasteiger partial charge in [0.15, 0.2) is 11.5 Å². The molecule has 0 saturated carbocycles. The van der Waals surface area contributed by atoms with E-state index in [1.165, 1.54) is 7.11 Å². The Morgan fingerprint density at radius 1 is 1.00 bits per heavy atom. The summed E-state index contributed by atoms with van der Waals surface area (Å²) in [6, 6.07) is 5.29. The monoisotopic (exact) mass is 460 g/mol. The Hall–Kier alpha value is -3.47. The number of rotatable bonds is 9. The van der Waals surface area contributed by atoms with Crippen LogP contribution < -0.4 is 24.8 Å². The summed E-state index contributed by atoms with van der Waals surface area (Å²) < 4.78 is 17.3. The molecule has 1 aliphatic rings. The van der Waals surface area contributed by atoms with E-state index in [0.29, 0.717) is 55.7 Å². The Balaban J connectivity index is 1.36. The van der Waals surface area contributed by atoms with Gasteiger partial charge >= 0.3 is 6.03 Å². The van der Waals surface area contributed by atoms with Crippen LogP contribution in [0.15, 0.2) is 24.4 Å². The molecule has 0 bridgehead atoms. The fraction of sp³-hybridized carbons (Fsp3) is 0.500. The first kappa shape index (κ1) is 24.2. The van der Waals surface area contributed by atoms with E-state index in [4.69, 9.17) is 14.2 Å². The number of amides is 3. The highest BCUT2D eigenvalue weighted by molar-refractivity contribution is 5.96. The standard InChI is InChI=1S/C22H32N6O5/c1-26-15-17(20(25-26)33-4)21(29)28-11-9-27(10-12-28)8-7-23-22(30)24-14-16-5-6-18(31-2)19(13-16)32-3/h5-6,13,15H,7-12,14H2,1-4H3,(H2,23,24,30). The zero-order valence-electron chi connectivity index (χ0n) is 19.6. The summed E-state index contributed by atoms with van der Waals surface area (Å²) in [5, 5.41) is 9.86. The first-order valence-corrected chi connectivity index (χ1v) is 10.8. The molecule has 3 rings (SSSR count). The lowest BCUT2D eigenvalue weighted by molar-refractivity contribution is 0.0636. The Labute approximate surface area is 193 Å². The van der Waals surface area contributed by atoms with Crippen molar-refractivity contribution in [3.8, 4) is 17.4 Å². The summed E-state index contributed by atoms with van der Waals surface area (Å²) >= 11 is 0. The Bertz CT molecular complexity index is 955. The summed E-state index contributed by atoms with van der Waals surface area (Å²) in [4.78, 5) is 28.9. The molecule has 1 saturated heterocycles. The van der Waals surface area contributed by atoms with Crippen molar-refractivity contribution < 1.29 is 23.8 Å². The average Bonchev–Trinajstić information content (AvgIpc) is 3.23. The number of urea groups is 1. The zero-order valence-corrected chi connectivity index (χ0v) is 19.6. The highest BCUT2D eigenvalue weighted by atomic mass is 16.5. The maximum Gasteiger partial charge on any atom is 0.315 e. The van der Waals surface area contributed by atoms with E-state index >= 15 is 0 Å². The third kappa shape index (κ3) is 6.28. The van der Waals surface area contributed by atoms with Crippen LogP contribution in [0.25, 0.3) is 0 Å². The number of carbonyl (C=O) groups excluding carboxylic acids is 2. The average molecular weight is 461 g/mol. The summed E-state index contributed by atoms with van der Waals surface area (Å²) in [6.45, 7) is 4.31. The van der Waals surface area contributed by atoms with Gasteiger partial charge in [-0.05, 0) is 17.7 Å². The molecule has 0 atom stereocenters. The molecule has 1 aromatic heterocycles. The van der Waals surface area contributed by atoms with E-state index in [2.05, 4.69) is 20.6 Å². The van der Waals surface area contributed by atoms with Crippen LogP contribution >= 0.6 is 0 Å². The van der Waals surface area contributed by atoms with Crippen LogP contribution in [0.5, 0.6) is 17.4 Å². The van der Waals surface area contributed by atoms with Crippen LogP contribution in [0, 0.1) is 0 Å². The molecule has 11 nitrogen and oxygen atoms in total. The largest absolute Gasteiger partial charge is 0.493 e. The number of hydrogen-bond donors (Lipinski definition) is 2. The van der Waals surface area contributed by atoms with Crippen LogP contribution in [0.2, 0.25) is 0 Å². The number of piperazine rings is 1. The molecule has 180 valence electrons. The Kier molecular flexibility index (Phi) is 8.36. The van der Waals surface area contributed by atoms with E-state index in [1.807, 2.05) is 18.2 Å². The SMILES string of the molecule is COc1ccc(CNC(=O)NCCN2CCN(C(=O)c3cn(C)nc3OC)CC2)cc1OC. The molecule has 2 heterocycles. The van der Waals surface area contributed by atoms with Gasteiger partial charge in [-0.15, -0.1) is 5.10 Å². The molecular weight excluding hydrogens is 428 g/mol. The van der Waals surface area contributed by atoms with Crippen molar-refractivity contribution in [2.75, 3.05) is 60.6 Å². The molecule has 33 heavy (non-hydrogen) atoms. The van der Waals surface area contributed by atoms with Gasteiger partial charge < -0.3 is 29.7 Å². The van der Waals surface area contributed by atoms with Crippen LogP contribution in [-0.2, 0) is 13.6 Å². The van der Waals surface area contributed by atoms with Gasteiger partial charge in [-0.1, -0.05) is 6.07 Å². The molecule has 1 aliphatic heterocycles. The van der Waals surface area contributed by atoms with Gasteiger partial charge in [0.05, 0.1) is 21.3 Å². The maximum atomic E-state index is 12.8. The van der Waals surface area contributed by atoms with E-state index in [9.17, 15) is 9.59 Å². The molecule has 0 radical (unpaired) electrons. The van der Waals surface area contributed by atoms with E-state index in [0.717, 1.165) is 18.7 Å². The van der Waals surface area contributed by atoms with Gasteiger partial charge in [-0.2, -0.15) is 0 Å². The maximum absolute atomic E-state index is 12.8. The van der Waals surface area contributed by atoms with Crippen LogP contribution in [0.3, 0.4) is 0 Å². The van der Waals surface area contributed by atoms with E-state index < -0.39 is 0 Å². The van der Waals surface area contributed by atoms with Gasteiger partial charge in [0.25, 0.3) is 5.91 Å². The lowest BCUT2D eigenvalue weighted by atomic mass is 10.2. The molecule has 3 amide bonds. The van der Waals surface area contributed by atoms with Crippen molar-refractivity contribution >= 4 is 11.9 Å². The second kappa shape index (κ2) is 11.4. The number of benzene rings is 1. The quantitative estimate of drug-likeness (QED) is 0.567. The summed E-state index contributed by atoms with van der Waals surface area (Å²) in [7, 11) is 6.42. The second-order valence-corrected chi connectivity index (χ2v) is 7.66. The molecule has 11 heteroatoms. The number of methoxy groups -OCH3 is 3. The van der Waals surface area contributed by atoms with Gasteiger partial charge in [-0.25, -0.2) is 4.79 Å². The van der Waals surface area contributed by atoms with Crippen molar-refractivity contribution in [1.29, 1.82) is 0 Å². The number of aryl methyl sites for hydroxylation is 1. The smallest absolute Gasteiger partial charge is 0.315 e. The number of hydrogen-bond acceptors (Lipinski definition) is 7. The number of nitrogens with one attached hydrogen (secondary N) is 2. The van der Waals surface area contributed by atoms with Crippen LogP contribution in [-0.4, -0.2) is 92.1 Å². The highest BCUT2D eigenvalue weighted by Crippen LogP contribution is 2.27. The lowest BCUT2D eigenvalue weighted by Crippen LogP contribution is -2.50. The van der Waals surface area contributed by atoms with E-state index in [-0.39, 0.29) is 11.9 Å². The third-order valence-corrected chi connectivity index (χ3v) is 5.49. The van der Waals surface area contributed by atoms with Crippen molar-refractivity contribution in [2.24, 2.45) is 7.05 Å². The molecular formula is C22H32N6O5. The van der Waals surface area contributed by atoms with Gasteiger partial charge in [0.2, 0.25) is 5.88 Å². The summed E-state index contributed by atoms with van der Waals surface area (Å²) in [6.07, 6.45) is 1.68. The molecule has 0 spiro atoms. The Morgan fingerprint density at radius 3 is 2.39 bits per heavy atom. The van der Waals surface area contributed by atoms with E-state index in [1.54, 1.807) is 37.0 Å². The first-order valence-electron chi connectivity index (χ1n) is 10.8. The molecule has 1 aromatic carbocycles. The fourth-order valence-corrected chi connectivity index (χ4v) is 3.67. The van der Waals surface area contributed by atoms with Gasteiger partial charge in [-0.3, -0.25) is 14.4 Å². The second-order valence-electron chi connectivity index (χ2n) is 7.66. The molecule has 2 aromatic rings. The molecule has 1 fully saturated rings. The van der Waals surface area contributed by atoms with Crippen molar-refractivity contribution in [3.05, 3.63) is 35.5 Å². The van der Waals surface area contributed by atoms with Crippen LogP contribution in [0.1, 0.15) is 15.9 Å². The summed E-state index contributed by atoms with van der Waals surface area (Å²) in [5.74, 6) is 1.53. The molecule has 0 aliphatic carbocycles. The number of ether oxygens (including phenoxy) is 3. The zero-order chi connectivity index (χ0) is 23.8. The van der Waals surface area contributed by atoms with Crippen molar-refractivity contribution in [1.82, 2.24) is 30.2 Å². The lowest BCUT2D eigenvalue weighted by Gasteiger charge is -2.34. The number of nitrogens with zero attached hydrogens (tertiary/aromatic N) is 4. The van der Waals surface area contributed by atoms with Gasteiger partial charge in [0.1, 0.15) is 5.56 Å². The predicted octanol–water partition coefficient (Wildman–Crippen LogP) is 0.703. The third-order valence-electron chi connectivity index (χ3n) is 5.49. The minimum absolute atomic E-state index is 0.0766. The van der Waals surface area contributed by atoms with Crippen molar-refractivity contribution in [2.45, 2.75) is 6.54 Å². The highest BCUT2D eigenvalue weighted by Gasteiger charge is 2.26. The Morgan fingerprint density at radius 2 is 1.73 bits per heavy atom. The minimum atomic E-state index is -0.234. The van der Waals surface area contributed by atoms with Crippen molar-refractivity contribution in [3.63, 3.8) is 0 Å². The molecule has 2 N–H and O–H groups in total. The molecule has 0 unspecified atom stereocenters. The fourth-order valence-electron chi connectivity index (χ4n) is 3.67. The number of aromatic nitrogens is 2. The number of carbonyl (C=O) groups is 2.